The number of likely N-dealkylation sites (tertiary alicyclic amines) is 1. The molecule has 0 amide bonds. The fraction of sp³-hybridized carbons (Fsp3) is 1.00. The van der Waals surface area contributed by atoms with Gasteiger partial charge in [0.25, 0.3) is 0 Å². The fourth-order valence-electron chi connectivity index (χ4n) is 2.64. The van der Waals surface area contributed by atoms with E-state index in [-0.39, 0.29) is 6.04 Å². The van der Waals surface area contributed by atoms with E-state index in [1.165, 1.54) is 4.90 Å². The van der Waals surface area contributed by atoms with Gasteiger partial charge in [-0.3, -0.25) is 4.90 Å². The molecule has 0 aromatic carbocycles. The molecule has 0 aromatic rings. The third kappa shape index (κ3) is 4.10. The Balaban J connectivity index is 1.64. The Morgan fingerprint density at radius 1 is 1.22 bits per heavy atom. The van der Waals surface area contributed by atoms with E-state index in [1.54, 1.807) is 0 Å². The molecule has 1 saturated carbocycles. The minimum Gasteiger partial charge on any atom is -0.389 e. The zero-order chi connectivity index (χ0) is 13.2. The van der Waals surface area contributed by atoms with Gasteiger partial charge in [-0.2, -0.15) is 13.2 Å². The van der Waals surface area contributed by atoms with Gasteiger partial charge in [0, 0.05) is 12.6 Å². The van der Waals surface area contributed by atoms with E-state index in [0.717, 1.165) is 32.1 Å². The number of rotatable bonds is 4. The van der Waals surface area contributed by atoms with Crippen molar-refractivity contribution >= 4 is 0 Å². The maximum atomic E-state index is 12.2. The van der Waals surface area contributed by atoms with Crippen LogP contribution in [0, 0.1) is 0 Å². The Morgan fingerprint density at radius 2 is 1.83 bits per heavy atom. The Bertz CT molecular complexity index is 271. The van der Waals surface area contributed by atoms with Crippen molar-refractivity contribution in [3.05, 3.63) is 0 Å². The van der Waals surface area contributed by atoms with Crippen molar-refractivity contribution < 1.29 is 18.3 Å². The minimum absolute atomic E-state index is 0.249. The summed E-state index contributed by atoms with van der Waals surface area (Å²) in [4.78, 5) is 1.45. The quantitative estimate of drug-likeness (QED) is 0.810. The van der Waals surface area contributed by atoms with Gasteiger partial charge in [-0.25, -0.2) is 0 Å². The van der Waals surface area contributed by atoms with Gasteiger partial charge in [-0.1, -0.05) is 0 Å². The smallest absolute Gasteiger partial charge is 0.389 e. The molecule has 0 aromatic heterocycles. The molecule has 1 aliphatic heterocycles. The SMILES string of the molecule is OC1(CNC2CCN(CC(F)(F)F)CC2)CCC1. The summed E-state index contributed by atoms with van der Waals surface area (Å²) in [6, 6.07) is 0.249. The first kappa shape index (κ1) is 14.1. The Hall–Kier alpha value is -0.330. The van der Waals surface area contributed by atoms with Gasteiger partial charge in [-0.15, -0.1) is 0 Å². The van der Waals surface area contributed by atoms with Crippen LogP contribution in [0.15, 0.2) is 0 Å². The summed E-state index contributed by atoms with van der Waals surface area (Å²) in [6.45, 7) is 0.742. The molecule has 2 rings (SSSR count). The molecule has 18 heavy (non-hydrogen) atoms. The van der Waals surface area contributed by atoms with Crippen molar-refractivity contribution in [3.8, 4) is 0 Å². The number of alkyl halides is 3. The lowest BCUT2D eigenvalue weighted by atomic mass is 9.80. The summed E-state index contributed by atoms with van der Waals surface area (Å²) in [7, 11) is 0. The second-order valence-electron chi connectivity index (χ2n) is 5.62. The van der Waals surface area contributed by atoms with Crippen molar-refractivity contribution in [3.63, 3.8) is 0 Å². The highest BCUT2D eigenvalue weighted by atomic mass is 19.4. The van der Waals surface area contributed by atoms with Crippen LogP contribution < -0.4 is 5.32 Å². The molecule has 0 atom stereocenters. The summed E-state index contributed by atoms with van der Waals surface area (Å²) in [5.41, 5.74) is -0.552. The molecule has 6 heteroatoms. The summed E-state index contributed by atoms with van der Waals surface area (Å²) >= 11 is 0. The molecular weight excluding hydrogens is 245 g/mol. The lowest BCUT2D eigenvalue weighted by Gasteiger charge is -2.39. The normalized spacial score (nSPS) is 26.0. The van der Waals surface area contributed by atoms with E-state index < -0.39 is 18.3 Å². The molecule has 0 bridgehead atoms. The average Bonchev–Trinajstić information content (AvgIpc) is 2.23. The molecule has 3 nitrogen and oxygen atoms in total. The van der Waals surface area contributed by atoms with E-state index in [2.05, 4.69) is 5.32 Å². The molecule has 2 fully saturated rings. The predicted octanol–water partition coefficient (Wildman–Crippen LogP) is 1.52. The number of halogens is 3. The topological polar surface area (TPSA) is 35.5 Å². The third-order valence-corrected chi connectivity index (χ3v) is 3.99. The fourth-order valence-corrected chi connectivity index (χ4v) is 2.64. The molecule has 0 radical (unpaired) electrons. The van der Waals surface area contributed by atoms with Crippen LogP contribution in [0.5, 0.6) is 0 Å². The standard InChI is InChI=1S/C12H21F3N2O/c13-12(14,15)9-17-6-2-10(3-7-17)16-8-11(18)4-1-5-11/h10,16,18H,1-9H2. The maximum Gasteiger partial charge on any atom is 0.401 e. The molecule has 1 saturated heterocycles. The Morgan fingerprint density at radius 3 is 2.28 bits per heavy atom. The number of hydrogen-bond donors (Lipinski definition) is 2. The molecule has 106 valence electrons. The van der Waals surface area contributed by atoms with Crippen LogP contribution in [0.25, 0.3) is 0 Å². The summed E-state index contributed by atoms with van der Waals surface area (Å²) in [5.74, 6) is 0. The lowest BCUT2D eigenvalue weighted by molar-refractivity contribution is -0.148. The highest BCUT2D eigenvalue weighted by molar-refractivity contribution is 4.91. The van der Waals surface area contributed by atoms with Gasteiger partial charge >= 0.3 is 6.18 Å². The number of aliphatic hydroxyl groups is 1. The molecule has 2 aliphatic rings. The number of hydrogen-bond acceptors (Lipinski definition) is 3. The van der Waals surface area contributed by atoms with Gasteiger partial charge in [0.1, 0.15) is 0 Å². The summed E-state index contributed by atoms with van der Waals surface area (Å²) in [5, 5.41) is 13.2. The lowest BCUT2D eigenvalue weighted by Crippen LogP contribution is -2.52. The van der Waals surface area contributed by atoms with Crippen molar-refractivity contribution in [1.29, 1.82) is 0 Å². The van der Waals surface area contributed by atoms with E-state index in [9.17, 15) is 18.3 Å². The van der Waals surface area contributed by atoms with Crippen molar-refractivity contribution in [2.75, 3.05) is 26.2 Å². The van der Waals surface area contributed by atoms with E-state index in [4.69, 9.17) is 0 Å². The number of nitrogens with zero attached hydrogens (tertiary/aromatic N) is 1. The first-order chi connectivity index (χ1) is 8.36. The number of nitrogens with one attached hydrogen (secondary N) is 1. The van der Waals surface area contributed by atoms with Crippen molar-refractivity contribution in [2.24, 2.45) is 0 Å². The molecule has 1 aliphatic carbocycles. The zero-order valence-electron chi connectivity index (χ0n) is 10.5. The van der Waals surface area contributed by atoms with Gasteiger partial charge in [0.05, 0.1) is 12.1 Å². The van der Waals surface area contributed by atoms with Crippen LogP contribution in [0.1, 0.15) is 32.1 Å². The summed E-state index contributed by atoms with van der Waals surface area (Å²) < 4.78 is 36.6. The predicted molar refractivity (Wildman–Crippen MR) is 62.3 cm³/mol. The first-order valence-electron chi connectivity index (χ1n) is 6.61. The first-order valence-corrected chi connectivity index (χ1v) is 6.61. The monoisotopic (exact) mass is 266 g/mol. The zero-order valence-corrected chi connectivity index (χ0v) is 10.5. The maximum absolute atomic E-state index is 12.2. The van der Waals surface area contributed by atoms with Crippen LogP contribution >= 0.6 is 0 Å². The minimum atomic E-state index is -4.10. The largest absolute Gasteiger partial charge is 0.401 e. The Labute approximate surface area is 105 Å². The van der Waals surface area contributed by atoms with Crippen molar-refractivity contribution in [2.45, 2.75) is 49.9 Å². The van der Waals surface area contributed by atoms with Crippen LogP contribution in [0.2, 0.25) is 0 Å². The molecule has 0 spiro atoms. The van der Waals surface area contributed by atoms with Crippen LogP contribution in [-0.4, -0.2) is 54.0 Å². The van der Waals surface area contributed by atoms with E-state index in [0.29, 0.717) is 19.6 Å². The van der Waals surface area contributed by atoms with Crippen LogP contribution in [0.4, 0.5) is 13.2 Å². The second-order valence-corrected chi connectivity index (χ2v) is 5.62. The molecule has 0 unspecified atom stereocenters. The van der Waals surface area contributed by atoms with Crippen molar-refractivity contribution in [1.82, 2.24) is 10.2 Å². The number of piperidine rings is 1. The second kappa shape index (κ2) is 5.35. The Kier molecular flexibility index (Phi) is 4.18. The summed E-state index contributed by atoms with van der Waals surface area (Å²) in [6.07, 6.45) is 0.113. The van der Waals surface area contributed by atoms with Crippen LogP contribution in [0.3, 0.4) is 0 Å². The third-order valence-electron chi connectivity index (χ3n) is 3.99. The van der Waals surface area contributed by atoms with Gasteiger partial charge in [0.2, 0.25) is 0 Å². The average molecular weight is 266 g/mol. The van der Waals surface area contributed by atoms with Gasteiger partial charge in [0.15, 0.2) is 0 Å². The highest BCUT2D eigenvalue weighted by Gasteiger charge is 2.36. The van der Waals surface area contributed by atoms with E-state index >= 15 is 0 Å². The van der Waals surface area contributed by atoms with Gasteiger partial charge < -0.3 is 10.4 Å². The molecular formula is C12H21F3N2O. The molecule has 1 heterocycles. The molecule has 2 N–H and O–H groups in total. The highest BCUT2D eigenvalue weighted by Crippen LogP contribution is 2.31. The van der Waals surface area contributed by atoms with Gasteiger partial charge in [-0.05, 0) is 45.2 Å². The van der Waals surface area contributed by atoms with Crippen LogP contribution in [-0.2, 0) is 0 Å². The van der Waals surface area contributed by atoms with E-state index in [1.807, 2.05) is 0 Å².